The number of quaternary nitrogens is 1. The highest BCUT2D eigenvalue weighted by Crippen LogP contribution is 2.28. The van der Waals surface area contributed by atoms with Crippen LogP contribution in [0.25, 0.3) is 0 Å². The van der Waals surface area contributed by atoms with Crippen molar-refractivity contribution in [3.63, 3.8) is 0 Å². The molecular weight excluding hydrogens is 374 g/mol. The number of hydrogen-bond donors (Lipinski definition) is 2. The van der Waals surface area contributed by atoms with Gasteiger partial charge in [-0.15, -0.1) is 0 Å². The molecule has 8 heteroatoms. The van der Waals surface area contributed by atoms with Gasteiger partial charge in [-0.3, -0.25) is 14.9 Å². The van der Waals surface area contributed by atoms with E-state index in [0.717, 1.165) is 25.2 Å². The van der Waals surface area contributed by atoms with Crippen molar-refractivity contribution in [1.29, 1.82) is 0 Å². The summed E-state index contributed by atoms with van der Waals surface area (Å²) in [7, 11) is 0. The minimum Gasteiger partial charge on any atom is -0.487 e. The van der Waals surface area contributed by atoms with Gasteiger partial charge in [0.05, 0.1) is 24.7 Å². The second-order valence-electron chi connectivity index (χ2n) is 6.88. The number of rotatable bonds is 8. The van der Waals surface area contributed by atoms with Gasteiger partial charge in [0.2, 0.25) is 0 Å². The van der Waals surface area contributed by atoms with E-state index in [0.29, 0.717) is 19.8 Å². The first-order valence-electron chi connectivity index (χ1n) is 9.77. The molecule has 1 saturated heterocycles. The standard InChI is InChI=1S/C21H25N3O5/c1-2-29-20-9-8-17(14-19(20)24(26)27)21(25)22-18(16-6-4-3-5-7-16)15-23-10-12-28-13-11-23/h3-9,14,18H,2,10-13,15H2,1H3,(H,22,25)/p+1/t18-/m0/s1. The normalized spacial score (nSPS) is 15.5. The Morgan fingerprint density at radius 1 is 1.24 bits per heavy atom. The monoisotopic (exact) mass is 400 g/mol. The maximum Gasteiger partial charge on any atom is 0.311 e. The number of nitro benzene ring substituents is 1. The van der Waals surface area contributed by atoms with Gasteiger partial charge in [0, 0.05) is 11.6 Å². The molecule has 2 aromatic carbocycles. The Labute approximate surface area is 169 Å². The van der Waals surface area contributed by atoms with Crippen LogP contribution in [0.2, 0.25) is 0 Å². The zero-order valence-electron chi connectivity index (χ0n) is 16.4. The zero-order valence-corrected chi connectivity index (χ0v) is 16.4. The van der Waals surface area contributed by atoms with Crippen LogP contribution in [0.1, 0.15) is 28.9 Å². The van der Waals surface area contributed by atoms with E-state index in [9.17, 15) is 14.9 Å². The first-order valence-corrected chi connectivity index (χ1v) is 9.77. The largest absolute Gasteiger partial charge is 0.487 e. The van der Waals surface area contributed by atoms with Crippen LogP contribution in [0.4, 0.5) is 5.69 Å². The van der Waals surface area contributed by atoms with Crippen molar-refractivity contribution in [2.75, 3.05) is 39.5 Å². The number of morpholine rings is 1. The Morgan fingerprint density at radius 2 is 1.97 bits per heavy atom. The lowest BCUT2D eigenvalue weighted by atomic mass is 10.0. The predicted octanol–water partition coefficient (Wildman–Crippen LogP) is 1.38. The Kier molecular flexibility index (Phi) is 7.15. The van der Waals surface area contributed by atoms with Crippen LogP contribution < -0.4 is 15.0 Å². The highest BCUT2D eigenvalue weighted by molar-refractivity contribution is 5.95. The summed E-state index contributed by atoms with van der Waals surface area (Å²) in [6.45, 7) is 5.96. The smallest absolute Gasteiger partial charge is 0.311 e. The molecule has 0 aromatic heterocycles. The van der Waals surface area contributed by atoms with Crippen LogP contribution in [0, 0.1) is 10.1 Å². The van der Waals surface area contributed by atoms with Crippen LogP contribution in [0.15, 0.2) is 48.5 Å². The Bertz CT molecular complexity index is 837. The number of amides is 1. The number of carbonyl (C=O) groups excluding carboxylic acids is 1. The molecule has 0 aliphatic carbocycles. The van der Waals surface area contributed by atoms with Crippen LogP contribution in [0.5, 0.6) is 5.75 Å². The zero-order chi connectivity index (χ0) is 20.6. The van der Waals surface area contributed by atoms with Crippen molar-refractivity contribution in [1.82, 2.24) is 5.32 Å². The van der Waals surface area contributed by atoms with Crippen molar-refractivity contribution >= 4 is 11.6 Å². The number of nitrogens with zero attached hydrogens (tertiary/aromatic N) is 1. The molecule has 8 nitrogen and oxygen atoms in total. The highest BCUT2D eigenvalue weighted by atomic mass is 16.6. The Balaban J connectivity index is 1.80. The first-order chi connectivity index (χ1) is 14.1. The van der Waals surface area contributed by atoms with Gasteiger partial charge in [-0.2, -0.15) is 0 Å². The lowest BCUT2D eigenvalue weighted by molar-refractivity contribution is -0.909. The number of carbonyl (C=O) groups is 1. The predicted molar refractivity (Wildman–Crippen MR) is 107 cm³/mol. The number of ether oxygens (including phenoxy) is 2. The molecule has 1 heterocycles. The fourth-order valence-electron chi connectivity index (χ4n) is 3.41. The lowest BCUT2D eigenvalue weighted by Gasteiger charge is -2.28. The van der Waals surface area contributed by atoms with E-state index < -0.39 is 4.92 Å². The van der Waals surface area contributed by atoms with Crippen LogP contribution >= 0.6 is 0 Å². The fraction of sp³-hybridized carbons (Fsp3) is 0.381. The third-order valence-corrected chi connectivity index (χ3v) is 4.92. The summed E-state index contributed by atoms with van der Waals surface area (Å²) in [4.78, 5) is 25.1. The molecule has 2 N–H and O–H groups in total. The average Bonchev–Trinajstić information content (AvgIpc) is 2.75. The van der Waals surface area contributed by atoms with Crippen molar-refractivity contribution < 1.29 is 24.1 Å². The third kappa shape index (κ3) is 5.52. The molecule has 0 spiro atoms. The molecule has 3 rings (SSSR count). The van der Waals surface area contributed by atoms with Gasteiger partial charge in [0.25, 0.3) is 5.91 Å². The molecule has 1 aliphatic heterocycles. The Morgan fingerprint density at radius 3 is 2.62 bits per heavy atom. The summed E-state index contributed by atoms with van der Waals surface area (Å²) >= 11 is 0. The van der Waals surface area contributed by atoms with Gasteiger partial charge in [-0.1, -0.05) is 30.3 Å². The van der Waals surface area contributed by atoms with Gasteiger partial charge in [-0.05, 0) is 24.6 Å². The maximum absolute atomic E-state index is 12.9. The van der Waals surface area contributed by atoms with E-state index in [1.807, 2.05) is 30.3 Å². The first kappa shape index (κ1) is 20.8. The van der Waals surface area contributed by atoms with E-state index in [1.165, 1.54) is 17.0 Å². The molecule has 2 aromatic rings. The number of nitrogens with one attached hydrogen (secondary N) is 2. The quantitative estimate of drug-likeness (QED) is 0.516. The van der Waals surface area contributed by atoms with Crippen molar-refractivity contribution in [3.05, 3.63) is 69.8 Å². The molecule has 1 atom stereocenters. The molecule has 0 radical (unpaired) electrons. The van der Waals surface area contributed by atoms with E-state index in [4.69, 9.17) is 9.47 Å². The summed E-state index contributed by atoms with van der Waals surface area (Å²) in [5, 5.41) is 14.4. The second-order valence-corrected chi connectivity index (χ2v) is 6.88. The van der Waals surface area contributed by atoms with E-state index in [-0.39, 0.29) is 28.9 Å². The molecule has 0 unspecified atom stereocenters. The molecule has 1 amide bonds. The van der Waals surface area contributed by atoms with E-state index in [2.05, 4.69) is 5.32 Å². The summed E-state index contributed by atoms with van der Waals surface area (Å²) in [6.07, 6.45) is 0. The van der Waals surface area contributed by atoms with Gasteiger partial charge in [0.15, 0.2) is 5.75 Å². The van der Waals surface area contributed by atoms with Crippen molar-refractivity contribution in [3.8, 4) is 5.75 Å². The highest BCUT2D eigenvalue weighted by Gasteiger charge is 2.25. The minimum absolute atomic E-state index is 0.159. The number of nitro groups is 1. The third-order valence-electron chi connectivity index (χ3n) is 4.92. The SMILES string of the molecule is CCOc1ccc(C(=O)N[C@@H](C[NH+]2CCOCC2)c2ccccc2)cc1[N+](=O)[O-]. The summed E-state index contributed by atoms with van der Waals surface area (Å²) in [6, 6.07) is 13.8. The molecule has 1 aliphatic rings. The van der Waals surface area contributed by atoms with Gasteiger partial charge >= 0.3 is 5.69 Å². The molecule has 154 valence electrons. The number of benzene rings is 2. The second kappa shape index (κ2) is 9.99. The van der Waals surface area contributed by atoms with Gasteiger partial charge in [0.1, 0.15) is 25.7 Å². The van der Waals surface area contributed by atoms with Crippen molar-refractivity contribution in [2.45, 2.75) is 13.0 Å². The van der Waals surface area contributed by atoms with Gasteiger partial charge in [-0.25, -0.2) is 0 Å². The van der Waals surface area contributed by atoms with Crippen LogP contribution in [-0.2, 0) is 4.74 Å². The molecule has 1 fully saturated rings. The summed E-state index contributed by atoms with van der Waals surface area (Å²) in [5.41, 5.74) is 1.02. The minimum atomic E-state index is -0.533. The number of hydrogen-bond acceptors (Lipinski definition) is 5. The van der Waals surface area contributed by atoms with E-state index in [1.54, 1.807) is 13.0 Å². The van der Waals surface area contributed by atoms with E-state index >= 15 is 0 Å². The maximum atomic E-state index is 12.9. The molecule has 0 saturated carbocycles. The van der Waals surface area contributed by atoms with Crippen LogP contribution in [-0.4, -0.2) is 50.3 Å². The molecule has 29 heavy (non-hydrogen) atoms. The fourth-order valence-corrected chi connectivity index (χ4v) is 3.41. The topological polar surface area (TPSA) is 95.1 Å². The molecular formula is C21H26N3O5+. The van der Waals surface area contributed by atoms with Gasteiger partial charge < -0.3 is 19.7 Å². The Hall–Kier alpha value is -2.97. The lowest BCUT2D eigenvalue weighted by Crippen LogP contribution is -3.14. The molecule has 0 bridgehead atoms. The average molecular weight is 400 g/mol. The van der Waals surface area contributed by atoms with Crippen molar-refractivity contribution in [2.24, 2.45) is 0 Å². The van der Waals surface area contributed by atoms with Crippen LogP contribution in [0.3, 0.4) is 0 Å². The summed E-state index contributed by atoms with van der Waals surface area (Å²) in [5.74, 6) is -0.191. The summed E-state index contributed by atoms with van der Waals surface area (Å²) < 4.78 is 10.7.